The molecule has 2 N–H and O–H groups in total. The molecule has 0 bridgehead atoms. The summed E-state index contributed by atoms with van der Waals surface area (Å²) in [7, 11) is -3.78. The first-order valence-electron chi connectivity index (χ1n) is 8.67. The predicted octanol–water partition coefficient (Wildman–Crippen LogP) is 4.02. The van der Waals surface area contributed by atoms with Crippen molar-refractivity contribution in [3.63, 3.8) is 0 Å². The van der Waals surface area contributed by atoms with Crippen LogP contribution in [0.1, 0.15) is 10.4 Å². The van der Waals surface area contributed by atoms with E-state index in [-0.39, 0.29) is 5.56 Å². The highest BCUT2D eigenvalue weighted by Gasteiger charge is 2.17. The minimum atomic E-state index is -3.78. The highest BCUT2D eigenvalue weighted by Crippen LogP contribution is 2.23. The van der Waals surface area contributed by atoms with Gasteiger partial charge in [0, 0.05) is 23.1 Å². The lowest BCUT2D eigenvalue weighted by atomic mass is 10.1. The second-order valence-corrected chi connectivity index (χ2v) is 8.54. The Kier molecular flexibility index (Phi) is 4.63. The molecule has 0 spiro atoms. The van der Waals surface area contributed by atoms with Crippen molar-refractivity contribution < 1.29 is 17.6 Å². The molecule has 4 aromatic rings. The molecule has 3 aromatic carbocycles. The summed E-state index contributed by atoms with van der Waals surface area (Å²) in [6.45, 7) is 0. The average molecular weight is 409 g/mol. The number of halogens is 1. The van der Waals surface area contributed by atoms with Gasteiger partial charge in [-0.05, 0) is 54.6 Å². The molecule has 0 unspecified atom stereocenters. The fourth-order valence-electron chi connectivity index (χ4n) is 2.93. The number of anilines is 1. The maximum atomic E-state index is 13.7. The summed E-state index contributed by atoms with van der Waals surface area (Å²) in [6, 6.07) is 18.0. The summed E-state index contributed by atoms with van der Waals surface area (Å²) in [6.07, 6.45) is 0.893. The number of hydrogen-bond donors (Lipinski definition) is 2. The number of H-pyrrole nitrogens is 1. The van der Waals surface area contributed by atoms with Crippen LogP contribution < -0.4 is 5.32 Å². The van der Waals surface area contributed by atoms with Gasteiger partial charge in [-0.3, -0.25) is 4.79 Å². The molecular weight excluding hydrogens is 393 g/mol. The Balaban J connectivity index is 1.55. The molecule has 29 heavy (non-hydrogen) atoms. The Morgan fingerprint density at radius 1 is 1.03 bits per heavy atom. The van der Waals surface area contributed by atoms with E-state index in [9.17, 15) is 17.6 Å². The first kappa shape index (κ1) is 18.8. The number of carbonyl (C=O) groups excluding carboxylic acids is 1. The van der Waals surface area contributed by atoms with E-state index in [1.54, 1.807) is 24.3 Å². The van der Waals surface area contributed by atoms with Crippen LogP contribution in [0.4, 0.5) is 10.1 Å². The molecule has 6 nitrogen and oxygen atoms in total. The fourth-order valence-corrected chi connectivity index (χ4v) is 3.70. The third kappa shape index (κ3) is 3.88. The second-order valence-electron chi connectivity index (χ2n) is 6.55. The van der Waals surface area contributed by atoms with Gasteiger partial charge in [0.05, 0.1) is 11.0 Å². The van der Waals surface area contributed by atoms with Crippen molar-refractivity contribution in [2.24, 2.45) is 0 Å². The molecule has 0 radical (unpaired) electrons. The summed E-state index contributed by atoms with van der Waals surface area (Å²) in [4.78, 5) is 19.7. The van der Waals surface area contributed by atoms with Gasteiger partial charge in [0.25, 0.3) is 5.91 Å². The lowest BCUT2D eigenvalue weighted by molar-refractivity contribution is 0.102. The molecule has 0 saturated carbocycles. The molecule has 0 aliphatic rings. The number of nitrogens with zero attached hydrogens (tertiary/aromatic N) is 1. The molecule has 146 valence electrons. The normalized spacial score (nSPS) is 11.5. The first-order chi connectivity index (χ1) is 13.8. The van der Waals surface area contributed by atoms with Crippen molar-refractivity contribution in [1.29, 1.82) is 0 Å². The number of sulfone groups is 1. The number of imidazole rings is 1. The van der Waals surface area contributed by atoms with Crippen molar-refractivity contribution >= 4 is 32.5 Å². The largest absolute Gasteiger partial charge is 0.338 e. The second kappa shape index (κ2) is 7.14. The molecule has 1 heterocycles. The van der Waals surface area contributed by atoms with Crippen molar-refractivity contribution in [3.05, 3.63) is 78.1 Å². The first-order valence-corrected chi connectivity index (χ1v) is 10.6. The number of aromatic nitrogens is 2. The third-order valence-electron chi connectivity index (χ3n) is 4.40. The zero-order valence-electron chi connectivity index (χ0n) is 15.3. The lowest BCUT2D eigenvalue weighted by Crippen LogP contribution is -2.13. The number of hydrogen-bond acceptors (Lipinski definition) is 4. The molecule has 1 aromatic heterocycles. The molecule has 4 rings (SSSR count). The maximum Gasteiger partial charge on any atom is 0.255 e. The molecule has 0 fully saturated rings. The number of rotatable bonds is 4. The number of carbonyl (C=O) groups is 1. The van der Waals surface area contributed by atoms with E-state index >= 15 is 0 Å². The number of benzene rings is 3. The maximum absolute atomic E-state index is 13.7. The highest BCUT2D eigenvalue weighted by atomic mass is 32.2. The van der Waals surface area contributed by atoms with Crippen LogP contribution in [-0.2, 0) is 9.84 Å². The van der Waals surface area contributed by atoms with Crippen LogP contribution in [-0.4, -0.2) is 30.5 Å². The number of fused-ring (bicyclic) bond motifs is 1. The van der Waals surface area contributed by atoms with E-state index in [0.29, 0.717) is 11.5 Å². The summed E-state index contributed by atoms with van der Waals surface area (Å²) < 4.78 is 37.0. The molecular formula is C21H16FN3O3S. The minimum Gasteiger partial charge on any atom is -0.338 e. The van der Waals surface area contributed by atoms with Crippen molar-refractivity contribution in [3.8, 4) is 11.4 Å². The Labute approximate surface area is 166 Å². The quantitative estimate of drug-likeness (QED) is 0.532. The van der Waals surface area contributed by atoms with Crippen molar-refractivity contribution in [2.45, 2.75) is 4.90 Å². The summed E-state index contributed by atoms with van der Waals surface area (Å²) in [5.41, 5.74) is 3.20. The Bertz CT molecular complexity index is 1300. The fraction of sp³-hybridized carbons (Fsp3) is 0.0476. The van der Waals surface area contributed by atoms with Crippen LogP contribution in [0.5, 0.6) is 0 Å². The van der Waals surface area contributed by atoms with E-state index in [0.717, 1.165) is 35.0 Å². The molecule has 1 amide bonds. The van der Waals surface area contributed by atoms with Gasteiger partial charge < -0.3 is 10.3 Å². The van der Waals surface area contributed by atoms with Crippen LogP contribution in [0.2, 0.25) is 0 Å². The summed E-state index contributed by atoms with van der Waals surface area (Å²) >= 11 is 0. The van der Waals surface area contributed by atoms with Crippen LogP contribution in [0.25, 0.3) is 22.4 Å². The third-order valence-corrected chi connectivity index (χ3v) is 5.51. The van der Waals surface area contributed by atoms with E-state index in [1.165, 1.54) is 6.07 Å². The molecule has 0 atom stereocenters. The Morgan fingerprint density at radius 2 is 1.76 bits per heavy atom. The van der Waals surface area contributed by atoms with Gasteiger partial charge in [-0.25, -0.2) is 17.8 Å². The monoisotopic (exact) mass is 409 g/mol. The van der Waals surface area contributed by atoms with E-state index in [4.69, 9.17) is 0 Å². The number of nitrogens with one attached hydrogen (secondary N) is 2. The standard InChI is InChI=1S/C21H16FN3O3S/c1-29(27,28)19-12-14(8-11-16(19)22)21(26)23-15-9-6-13(7-10-15)20-24-17-4-2-3-5-18(17)25-20/h2-12H,1H3,(H,23,26)(H,24,25). The van der Waals surface area contributed by atoms with Crippen LogP contribution in [0, 0.1) is 5.82 Å². The minimum absolute atomic E-state index is 0.0492. The van der Waals surface area contributed by atoms with Crippen LogP contribution in [0.3, 0.4) is 0 Å². The van der Waals surface area contributed by atoms with Gasteiger partial charge in [0.15, 0.2) is 9.84 Å². The summed E-state index contributed by atoms with van der Waals surface area (Å²) in [5.74, 6) is -0.717. The lowest BCUT2D eigenvalue weighted by Gasteiger charge is -2.08. The molecule has 8 heteroatoms. The average Bonchev–Trinajstić information content (AvgIpc) is 3.12. The van der Waals surface area contributed by atoms with E-state index in [1.807, 2.05) is 24.3 Å². The Morgan fingerprint density at radius 3 is 2.45 bits per heavy atom. The zero-order chi connectivity index (χ0) is 20.6. The van der Waals surface area contributed by atoms with Crippen molar-refractivity contribution in [2.75, 3.05) is 11.6 Å². The van der Waals surface area contributed by atoms with Crippen LogP contribution in [0.15, 0.2) is 71.6 Å². The molecule has 0 saturated heterocycles. The van der Waals surface area contributed by atoms with Gasteiger partial charge in [-0.1, -0.05) is 12.1 Å². The highest BCUT2D eigenvalue weighted by molar-refractivity contribution is 7.90. The molecule has 0 aliphatic carbocycles. The number of para-hydroxylation sites is 2. The van der Waals surface area contributed by atoms with Crippen molar-refractivity contribution in [1.82, 2.24) is 9.97 Å². The number of aromatic amines is 1. The van der Waals surface area contributed by atoms with Crippen LogP contribution >= 0.6 is 0 Å². The van der Waals surface area contributed by atoms with Gasteiger partial charge in [-0.15, -0.1) is 0 Å². The zero-order valence-corrected chi connectivity index (χ0v) is 16.1. The summed E-state index contributed by atoms with van der Waals surface area (Å²) in [5, 5.41) is 2.67. The van der Waals surface area contributed by atoms with E-state index in [2.05, 4.69) is 15.3 Å². The van der Waals surface area contributed by atoms with Gasteiger partial charge >= 0.3 is 0 Å². The molecule has 0 aliphatic heterocycles. The Hall–Kier alpha value is -3.52. The number of amides is 1. The van der Waals surface area contributed by atoms with E-state index < -0.39 is 26.5 Å². The SMILES string of the molecule is CS(=O)(=O)c1cc(C(=O)Nc2ccc(-c3nc4ccccc4[nH]3)cc2)ccc1F. The predicted molar refractivity (Wildman–Crippen MR) is 109 cm³/mol. The van der Waals surface area contributed by atoms with Gasteiger partial charge in [-0.2, -0.15) is 0 Å². The smallest absolute Gasteiger partial charge is 0.255 e. The van der Waals surface area contributed by atoms with Gasteiger partial charge in [0.1, 0.15) is 16.5 Å². The topological polar surface area (TPSA) is 91.9 Å². The van der Waals surface area contributed by atoms with Gasteiger partial charge in [0.2, 0.25) is 0 Å².